The van der Waals surface area contributed by atoms with Gasteiger partial charge in [-0.1, -0.05) is 37.0 Å². The highest BCUT2D eigenvalue weighted by Gasteiger charge is 2.20. The lowest BCUT2D eigenvalue weighted by Gasteiger charge is -2.18. The minimum absolute atomic E-state index is 0.0681. The van der Waals surface area contributed by atoms with Gasteiger partial charge in [-0.25, -0.2) is 0 Å². The molecule has 0 radical (unpaired) electrons. The first-order chi connectivity index (χ1) is 9.65. The van der Waals surface area contributed by atoms with Crippen LogP contribution in [0.25, 0.3) is 0 Å². The van der Waals surface area contributed by atoms with Gasteiger partial charge in [0.2, 0.25) is 0 Å². The molecule has 2 nitrogen and oxygen atoms in total. The van der Waals surface area contributed by atoms with Crippen LogP contribution in [0, 0.1) is 0 Å². The molecular weight excluding hydrogens is 293 g/mol. The van der Waals surface area contributed by atoms with E-state index in [0.717, 1.165) is 36.5 Å². The van der Waals surface area contributed by atoms with Crippen LogP contribution < -0.4 is 5.32 Å². The predicted molar refractivity (Wildman–Crippen MR) is 84.7 cm³/mol. The van der Waals surface area contributed by atoms with Crippen molar-refractivity contribution in [3.63, 3.8) is 0 Å². The number of benzene rings is 1. The minimum atomic E-state index is -0.0681. The van der Waals surface area contributed by atoms with Crippen LogP contribution in [0.4, 0.5) is 0 Å². The maximum absolute atomic E-state index is 6.32. The normalized spacial score (nSPS) is 12.6. The zero-order chi connectivity index (χ0) is 14.5. The summed E-state index contributed by atoms with van der Waals surface area (Å²) in [6, 6.07) is 9.46. The second kappa shape index (κ2) is 7.16. The fourth-order valence-corrected chi connectivity index (χ4v) is 2.54. The molecule has 108 valence electrons. The SMILES string of the molecule is CCCNC(c1ccc(CC)o1)c1cc(Cl)ccc1Cl. The van der Waals surface area contributed by atoms with Crippen molar-refractivity contribution >= 4 is 23.2 Å². The van der Waals surface area contributed by atoms with Crippen LogP contribution in [-0.4, -0.2) is 6.54 Å². The van der Waals surface area contributed by atoms with Crippen LogP contribution in [0.1, 0.15) is 43.4 Å². The van der Waals surface area contributed by atoms with Crippen molar-refractivity contribution in [2.45, 2.75) is 32.7 Å². The third kappa shape index (κ3) is 3.57. The van der Waals surface area contributed by atoms with E-state index in [9.17, 15) is 0 Å². The highest BCUT2D eigenvalue weighted by Crippen LogP contribution is 2.31. The van der Waals surface area contributed by atoms with Crippen LogP contribution >= 0.6 is 23.2 Å². The summed E-state index contributed by atoms with van der Waals surface area (Å²) in [5.41, 5.74) is 0.949. The Labute approximate surface area is 130 Å². The van der Waals surface area contributed by atoms with E-state index >= 15 is 0 Å². The molecule has 0 saturated heterocycles. The van der Waals surface area contributed by atoms with E-state index in [1.54, 1.807) is 6.07 Å². The number of hydrogen-bond donors (Lipinski definition) is 1. The van der Waals surface area contributed by atoms with Crippen LogP contribution in [0.2, 0.25) is 10.0 Å². The van der Waals surface area contributed by atoms with Crippen LogP contribution in [0.3, 0.4) is 0 Å². The largest absolute Gasteiger partial charge is 0.464 e. The summed E-state index contributed by atoms with van der Waals surface area (Å²) in [4.78, 5) is 0. The lowest BCUT2D eigenvalue weighted by Crippen LogP contribution is -2.23. The molecule has 1 aromatic carbocycles. The van der Waals surface area contributed by atoms with Gasteiger partial charge in [-0.15, -0.1) is 0 Å². The highest BCUT2D eigenvalue weighted by atomic mass is 35.5. The van der Waals surface area contributed by atoms with Gasteiger partial charge in [-0.2, -0.15) is 0 Å². The molecule has 4 heteroatoms. The van der Waals surface area contributed by atoms with Gasteiger partial charge in [0.05, 0.1) is 6.04 Å². The molecule has 0 amide bonds. The van der Waals surface area contributed by atoms with Gasteiger partial charge in [-0.05, 0) is 48.9 Å². The van der Waals surface area contributed by atoms with Crippen LogP contribution in [0.5, 0.6) is 0 Å². The molecular formula is C16H19Cl2NO. The molecule has 2 rings (SSSR count). The van der Waals surface area contributed by atoms with Crippen LogP contribution in [0.15, 0.2) is 34.7 Å². The van der Waals surface area contributed by atoms with E-state index in [0.29, 0.717) is 10.0 Å². The predicted octanol–water partition coefficient (Wildman–Crippen LogP) is 5.24. The lowest BCUT2D eigenvalue weighted by atomic mass is 10.0. The van der Waals surface area contributed by atoms with E-state index in [1.807, 2.05) is 24.3 Å². The molecule has 0 fully saturated rings. The van der Waals surface area contributed by atoms with Crippen molar-refractivity contribution in [3.8, 4) is 0 Å². The van der Waals surface area contributed by atoms with E-state index in [2.05, 4.69) is 19.2 Å². The summed E-state index contributed by atoms with van der Waals surface area (Å²) >= 11 is 12.4. The third-order valence-corrected chi connectivity index (χ3v) is 3.76. The zero-order valence-corrected chi connectivity index (χ0v) is 13.3. The summed E-state index contributed by atoms with van der Waals surface area (Å²) in [6.07, 6.45) is 1.92. The number of furan rings is 1. The molecule has 1 atom stereocenters. The van der Waals surface area contributed by atoms with Gasteiger partial charge in [0.25, 0.3) is 0 Å². The summed E-state index contributed by atoms with van der Waals surface area (Å²) in [5, 5.41) is 4.84. The third-order valence-electron chi connectivity index (χ3n) is 3.18. The van der Waals surface area contributed by atoms with Gasteiger partial charge < -0.3 is 9.73 Å². The fraction of sp³-hybridized carbons (Fsp3) is 0.375. The van der Waals surface area contributed by atoms with Crippen LogP contribution in [-0.2, 0) is 6.42 Å². The quantitative estimate of drug-likeness (QED) is 0.789. The molecule has 0 aliphatic carbocycles. The highest BCUT2D eigenvalue weighted by molar-refractivity contribution is 6.33. The second-order valence-corrected chi connectivity index (χ2v) is 5.55. The van der Waals surface area contributed by atoms with Gasteiger partial charge in [0.1, 0.15) is 11.5 Å². The molecule has 1 N–H and O–H groups in total. The van der Waals surface area contributed by atoms with Crippen molar-refractivity contribution in [2.75, 3.05) is 6.54 Å². The number of nitrogens with one attached hydrogen (secondary N) is 1. The first-order valence-electron chi connectivity index (χ1n) is 6.92. The maximum atomic E-state index is 6.32. The number of aryl methyl sites for hydroxylation is 1. The summed E-state index contributed by atoms with van der Waals surface area (Å²) in [6.45, 7) is 5.09. The second-order valence-electron chi connectivity index (χ2n) is 4.71. The molecule has 1 aromatic heterocycles. The van der Waals surface area contributed by atoms with Crippen molar-refractivity contribution in [3.05, 3.63) is 57.5 Å². The summed E-state index contributed by atoms with van der Waals surface area (Å²) in [5.74, 6) is 1.85. The molecule has 0 spiro atoms. The Balaban J connectivity index is 2.38. The molecule has 0 saturated carbocycles. The topological polar surface area (TPSA) is 25.2 Å². The monoisotopic (exact) mass is 311 g/mol. The molecule has 20 heavy (non-hydrogen) atoms. The number of halogens is 2. The molecule has 1 heterocycles. The lowest BCUT2D eigenvalue weighted by molar-refractivity contribution is 0.422. The average Bonchev–Trinajstić information content (AvgIpc) is 2.92. The Morgan fingerprint density at radius 2 is 1.95 bits per heavy atom. The van der Waals surface area contributed by atoms with Gasteiger partial charge >= 0.3 is 0 Å². The number of rotatable bonds is 6. The van der Waals surface area contributed by atoms with Crippen molar-refractivity contribution in [1.82, 2.24) is 5.32 Å². The summed E-state index contributed by atoms with van der Waals surface area (Å²) < 4.78 is 5.88. The molecule has 0 aliphatic heterocycles. The van der Waals surface area contributed by atoms with E-state index < -0.39 is 0 Å². The fourth-order valence-electron chi connectivity index (χ4n) is 2.13. The Morgan fingerprint density at radius 1 is 1.15 bits per heavy atom. The van der Waals surface area contributed by atoms with Crippen molar-refractivity contribution in [2.24, 2.45) is 0 Å². The first-order valence-corrected chi connectivity index (χ1v) is 7.68. The number of hydrogen-bond acceptors (Lipinski definition) is 2. The Bertz CT molecular complexity index is 565. The summed E-state index contributed by atoms with van der Waals surface area (Å²) in [7, 11) is 0. The van der Waals surface area contributed by atoms with E-state index in [-0.39, 0.29) is 6.04 Å². The van der Waals surface area contributed by atoms with Gasteiger partial charge in [-0.3, -0.25) is 0 Å². The molecule has 2 aromatic rings. The molecule has 0 bridgehead atoms. The Hall–Kier alpha value is -0.960. The van der Waals surface area contributed by atoms with Gasteiger partial charge in [0.15, 0.2) is 0 Å². The standard InChI is InChI=1S/C16H19Cl2NO/c1-3-9-19-16(15-8-6-12(4-2)20-15)13-10-11(17)5-7-14(13)18/h5-8,10,16,19H,3-4,9H2,1-2H3. The molecule has 0 aliphatic rings. The smallest absolute Gasteiger partial charge is 0.125 e. The first kappa shape index (κ1) is 15.4. The van der Waals surface area contributed by atoms with Gasteiger partial charge in [0, 0.05) is 16.5 Å². The maximum Gasteiger partial charge on any atom is 0.125 e. The average molecular weight is 312 g/mol. The zero-order valence-electron chi connectivity index (χ0n) is 11.7. The van der Waals surface area contributed by atoms with E-state index in [4.69, 9.17) is 27.6 Å². The van der Waals surface area contributed by atoms with E-state index in [1.165, 1.54) is 0 Å². The van der Waals surface area contributed by atoms with Crippen molar-refractivity contribution < 1.29 is 4.42 Å². The Kier molecular flexibility index (Phi) is 5.53. The Morgan fingerprint density at radius 3 is 2.60 bits per heavy atom. The van der Waals surface area contributed by atoms with Crippen molar-refractivity contribution in [1.29, 1.82) is 0 Å². The molecule has 1 unspecified atom stereocenters. The minimum Gasteiger partial charge on any atom is -0.464 e.